The first-order valence-corrected chi connectivity index (χ1v) is 16.8. The molecular weight excluding hydrogens is 380 g/mol. The SMILES string of the molecule is CCOC(=O)CO[Si](C)(C)O[Si](C)(C)O[Si](C)(C)OCC(=O)OCC. The number of ether oxygens (including phenoxy) is 2. The van der Waals surface area contributed by atoms with E-state index in [4.69, 9.17) is 26.6 Å². The molecule has 25 heavy (non-hydrogen) atoms. The lowest BCUT2D eigenvalue weighted by molar-refractivity contribution is -0.146. The van der Waals surface area contributed by atoms with Crippen LogP contribution in [0.1, 0.15) is 13.8 Å². The average Bonchev–Trinajstić information content (AvgIpc) is 2.41. The molecule has 0 N–H and O–H groups in total. The molecule has 8 nitrogen and oxygen atoms in total. The molecule has 0 amide bonds. The highest BCUT2D eigenvalue weighted by atomic mass is 28.5. The van der Waals surface area contributed by atoms with Crippen LogP contribution in [-0.4, -0.2) is 64.0 Å². The van der Waals surface area contributed by atoms with Gasteiger partial charge >= 0.3 is 37.6 Å². The summed E-state index contributed by atoms with van der Waals surface area (Å²) < 4.78 is 33.2. The Morgan fingerprint density at radius 3 is 1.24 bits per heavy atom. The second-order valence-corrected chi connectivity index (χ2v) is 17.2. The van der Waals surface area contributed by atoms with Crippen LogP contribution in [0.15, 0.2) is 0 Å². The van der Waals surface area contributed by atoms with Crippen molar-refractivity contribution >= 4 is 37.6 Å². The quantitative estimate of drug-likeness (QED) is 0.356. The minimum absolute atomic E-state index is 0.141. The summed E-state index contributed by atoms with van der Waals surface area (Å²) in [5.41, 5.74) is 0. The van der Waals surface area contributed by atoms with Gasteiger partial charge in [-0.15, -0.1) is 0 Å². The molecule has 0 saturated carbocycles. The molecule has 0 saturated heterocycles. The molecule has 0 spiro atoms. The van der Waals surface area contributed by atoms with Crippen molar-refractivity contribution in [3.8, 4) is 0 Å². The molecule has 0 unspecified atom stereocenters. The molecule has 0 aromatic heterocycles. The summed E-state index contributed by atoms with van der Waals surface area (Å²) in [6.07, 6.45) is 0. The Morgan fingerprint density at radius 2 is 0.960 bits per heavy atom. The van der Waals surface area contributed by atoms with E-state index in [1.54, 1.807) is 13.8 Å². The van der Waals surface area contributed by atoms with Gasteiger partial charge in [-0.1, -0.05) is 0 Å². The van der Waals surface area contributed by atoms with Crippen LogP contribution in [0.25, 0.3) is 0 Å². The Labute approximate surface area is 153 Å². The summed E-state index contributed by atoms with van der Waals surface area (Å²) in [4.78, 5) is 22.9. The number of carbonyl (C=O) groups excluding carboxylic acids is 2. The zero-order valence-corrected chi connectivity index (χ0v) is 19.6. The fourth-order valence-electron chi connectivity index (χ4n) is 2.13. The highest BCUT2D eigenvalue weighted by Gasteiger charge is 2.42. The number of carbonyl (C=O) groups is 2. The molecule has 0 aliphatic heterocycles. The van der Waals surface area contributed by atoms with Gasteiger partial charge in [0.25, 0.3) is 0 Å². The van der Waals surface area contributed by atoms with E-state index in [0.29, 0.717) is 13.2 Å². The Morgan fingerprint density at radius 1 is 0.640 bits per heavy atom. The van der Waals surface area contributed by atoms with Crippen molar-refractivity contribution in [1.29, 1.82) is 0 Å². The first kappa shape index (κ1) is 24.4. The minimum Gasteiger partial charge on any atom is -0.464 e. The van der Waals surface area contributed by atoms with Crippen molar-refractivity contribution in [3.05, 3.63) is 0 Å². The molecule has 0 radical (unpaired) electrons. The normalized spacial score (nSPS) is 12.8. The van der Waals surface area contributed by atoms with Crippen molar-refractivity contribution in [1.82, 2.24) is 0 Å². The van der Waals surface area contributed by atoms with Gasteiger partial charge < -0.3 is 26.6 Å². The summed E-state index contributed by atoms with van der Waals surface area (Å²) in [6, 6.07) is 0. The fraction of sp³-hybridized carbons (Fsp3) is 0.857. The molecule has 11 heteroatoms. The smallest absolute Gasteiger partial charge is 0.330 e. The molecule has 0 aliphatic rings. The van der Waals surface area contributed by atoms with Crippen LogP contribution in [0.4, 0.5) is 0 Å². The minimum atomic E-state index is -2.59. The third kappa shape index (κ3) is 12.4. The summed E-state index contributed by atoms with van der Waals surface area (Å²) >= 11 is 0. The zero-order valence-electron chi connectivity index (χ0n) is 16.6. The second-order valence-electron chi connectivity index (χ2n) is 6.59. The van der Waals surface area contributed by atoms with Gasteiger partial charge in [0.05, 0.1) is 13.2 Å². The third-order valence-electron chi connectivity index (χ3n) is 2.67. The van der Waals surface area contributed by atoms with E-state index in [9.17, 15) is 9.59 Å². The van der Waals surface area contributed by atoms with E-state index >= 15 is 0 Å². The molecule has 0 rings (SSSR count). The zero-order chi connectivity index (χ0) is 19.7. The lowest BCUT2D eigenvalue weighted by Gasteiger charge is -2.37. The highest BCUT2D eigenvalue weighted by Crippen LogP contribution is 2.21. The summed E-state index contributed by atoms with van der Waals surface area (Å²) in [6.45, 7) is 15.0. The van der Waals surface area contributed by atoms with Gasteiger partial charge in [-0.3, -0.25) is 0 Å². The van der Waals surface area contributed by atoms with Gasteiger partial charge in [0, 0.05) is 0 Å². The number of hydrogen-bond donors (Lipinski definition) is 0. The van der Waals surface area contributed by atoms with Crippen LogP contribution in [0.2, 0.25) is 39.3 Å². The van der Waals surface area contributed by atoms with Crippen LogP contribution < -0.4 is 0 Å². The van der Waals surface area contributed by atoms with Gasteiger partial charge in [0.1, 0.15) is 13.2 Å². The lowest BCUT2D eigenvalue weighted by Crippen LogP contribution is -2.55. The molecule has 0 aromatic rings. The number of hydrogen-bond acceptors (Lipinski definition) is 8. The average molecular weight is 413 g/mol. The number of esters is 2. The Balaban J connectivity index is 4.57. The van der Waals surface area contributed by atoms with Crippen molar-refractivity contribution in [3.63, 3.8) is 0 Å². The van der Waals surface area contributed by atoms with Crippen molar-refractivity contribution in [2.75, 3.05) is 26.4 Å². The Bertz CT molecular complexity index is 402. The van der Waals surface area contributed by atoms with Crippen LogP contribution in [0.3, 0.4) is 0 Å². The van der Waals surface area contributed by atoms with Crippen molar-refractivity contribution < 1.29 is 36.1 Å². The van der Waals surface area contributed by atoms with Crippen molar-refractivity contribution in [2.24, 2.45) is 0 Å². The van der Waals surface area contributed by atoms with Gasteiger partial charge in [-0.25, -0.2) is 9.59 Å². The van der Waals surface area contributed by atoms with Crippen LogP contribution >= 0.6 is 0 Å². The monoisotopic (exact) mass is 412 g/mol. The van der Waals surface area contributed by atoms with E-state index in [0.717, 1.165) is 0 Å². The van der Waals surface area contributed by atoms with Gasteiger partial charge in [-0.05, 0) is 53.1 Å². The molecule has 0 fully saturated rings. The van der Waals surface area contributed by atoms with Crippen molar-refractivity contribution in [2.45, 2.75) is 53.1 Å². The van der Waals surface area contributed by atoms with E-state index in [2.05, 4.69) is 0 Å². The summed E-state index contributed by atoms with van der Waals surface area (Å²) in [5.74, 6) is -0.834. The van der Waals surface area contributed by atoms with Crippen LogP contribution in [0, 0.1) is 0 Å². The molecule has 0 bridgehead atoms. The predicted octanol–water partition coefficient (Wildman–Crippen LogP) is 2.28. The first-order valence-electron chi connectivity index (χ1n) is 8.32. The maximum Gasteiger partial charge on any atom is 0.330 e. The lowest BCUT2D eigenvalue weighted by atomic mass is 10.7. The fourth-order valence-corrected chi connectivity index (χ4v) is 13.5. The van der Waals surface area contributed by atoms with E-state index < -0.39 is 37.6 Å². The third-order valence-corrected chi connectivity index (χ3v) is 12.2. The summed E-state index contributed by atoms with van der Waals surface area (Å²) in [5, 5.41) is 0. The highest BCUT2D eigenvalue weighted by molar-refractivity contribution is 6.84. The Hall–Kier alpha value is -0.569. The largest absolute Gasteiger partial charge is 0.464 e. The van der Waals surface area contributed by atoms with E-state index in [-0.39, 0.29) is 13.2 Å². The molecular formula is C14H32O8Si3. The summed E-state index contributed by atoms with van der Waals surface area (Å²) in [7, 11) is -7.74. The van der Waals surface area contributed by atoms with Gasteiger partial charge in [0.2, 0.25) is 0 Å². The molecule has 0 aliphatic carbocycles. The number of rotatable bonds is 12. The van der Waals surface area contributed by atoms with Gasteiger partial charge in [-0.2, -0.15) is 0 Å². The Kier molecular flexibility index (Phi) is 10.3. The topological polar surface area (TPSA) is 89.5 Å². The van der Waals surface area contributed by atoms with Crippen LogP contribution in [-0.2, 0) is 36.1 Å². The molecule has 0 heterocycles. The first-order chi connectivity index (χ1) is 11.3. The second kappa shape index (κ2) is 10.5. The van der Waals surface area contributed by atoms with E-state index in [1.807, 2.05) is 39.3 Å². The standard InChI is InChI=1S/C14H32O8Si3/c1-9-17-13(15)11-19-23(3,4)21-25(7,8)22-24(5,6)20-12-14(16)18-10-2/h9-12H2,1-8H3. The maximum atomic E-state index is 11.4. The molecule has 148 valence electrons. The van der Waals surface area contributed by atoms with Gasteiger partial charge in [0.15, 0.2) is 0 Å². The molecule has 0 aromatic carbocycles. The van der Waals surface area contributed by atoms with E-state index in [1.165, 1.54) is 0 Å². The van der Waals surface area contributed by atoms with Crippen LogP contribution in [0.5, 0.6) is 0 Å². The maximum absolute atomic E-state index is 11.4. The molecule has 0 atom stereocenters. The predicted molar refractivity (Wildman–Crippen MR) is 99.8 cm³/mol.